The first-order valence-corrected chi connectivity index (χ1v) is 8.01. The molecule has 1 aliphatic rings. The number of nitrogens with zero attached hydrogens (tertiary/aromatic N) is 1. The number of carbonyl (C=O) groups is 1. The van der Waals surface area contributed by atoms with Crippen molar-refractivity contribution >= 4 is 5.91 Å². The van der Waals surface area contributed by atoms with Gasteiger partial charge in [-0.25, -0.2) is 0 Å². The van der Waals surface area contributed by atoms with Crippen molar-refractivity contribution in [1.29, 1.82) is 0 Å². The van der Waals surface area contributed by atoms with Crippen LogP contribution in [0.5, 0.6) is 0 Å². The average Bonchev–Trinajstić information content (AvgIpc) is 2.68. The Labute approximate surface area is 121 Å². The number of rotatable bonds is 6. The summed E-state index contributed by atoms with van der Waals surface area (Å²) >= 11 is 0. The second-order valence-electron chi connectivity index (χ2n) is 6.04. The monoisotopic (exact) mass is 277 g/mol. The summed E-state index contributed by atoms with van der Waals surface area (Å²) in [4.78, 5) is 11.9. The maximum Gasteiger partial charge on any atom is 0.220 e. The summed E-state index contributed by atoms with van der Waals surface area (Å²) in [6.07, 6.45) is 12.3. The zero-order valence-corrected chi connectivity index (χ0v) is 12.6. The van der Waals surface area contributed by atoms with Crippen LogP contribution in [0.3, 0.4) is 0 Å². The molecule has 2 rings (SSSR count). The normalized spacial score (nSPS) is 16.9. The van der Waals surface area contributed by atoms with Gasteiger partial charge in [0.25, 0.3) is 0 Å². The molecule has 0 aliphatic heterocycles. The van der Waals surface area contributed by atoms with Gasteiger partial charge < -0.3 is 5.32 Å². The van der Waals surface area contributed by atoms with Crippen molar-refractivity contribution in [3.8, 4) is 0 Å². The molecule has 1 amide bonds. The summed E-state index contributed by atoms with van der Waals surface area (Å²) in [5.74, 6) is 0.856. The van der Waals surface area contributed by atoms with Crippen LogP contribution in [0.15, 0.2) is 6.20 Å². The quantitative estimate of drug-likeness (QED) is 0.620. The van der Waals surface area contributed by atoms with Gasteiger partial charge in [-0.1, -0.05) is 25.7 Å². The zero-order chi connectivity index (χ0) is 14.2. The van der Waals surface area contributed by atoms with E-state index in [1.807, 2.05) is 13.1 Å². The van der Waals surface area contributed by atoms with Crippen LogP contribution in [0.25, 0.3) is 0 Å². The first-order chi connectivity index (χ1) is 9.75. The molecule has 1 saturated carbocycles. The molecule has 1 aromatic rings. The average molecular weight is 277 g/mol. The molecule has 1 fully saturated rings. The van der Waals surface area contributed by atoms with Crippen LogP contribution in [-0.4, -0.2) is 22.6 Å². The number of H-pyrrole nitrogens is 1. The maximum atomic E-state index is 11.9. The molecule has 0 spiro atoms. The molecule has 1 aliphatic carbocycles. The van der Waals surface area contributed by atoms with Gasteiger partial charge in [0.05, 0.1) is 6.20 Å². The van der Waals surface area contributed by atoms with Crippen LogP contribution in [-0.2, 0) is 11.2 Å². The van der Waals surface area contributed by atoms with Crippen LogP contribution in [0.2, 0.25) is 0 Å². The molecular weight excluding hydrogens is 250 g/mol. The number of carbonyl (C=O) groups excluding carboxylic acids is 1. The Hall–Kier alpha value is -1.32. The Bertz CT molecular complexity index is 406. The van der Waals surface area contributed by atoms with Gasteiger partial charge in [0, 0.05) is 18.7 Å². The van der Waals surface area contributed by atoms with Crippen LogP contribution in [0.1, 0.15) is 62.6 Å². The van der Waals surface area contributed by atoms with Crippen molar-refractivity contribution in [2.75, 3.05) is 6.54 Å². The van der Waals surface area contributed by atoms with Gasteiger partial charge in [0.15, 0.2) is 0 Å². The van der Waals surface area contributed by atoms with E-state index in [0.717, 1.165) is 31.5 Å². The van der Waals surface area contributed by atoms with Gasteiger partial charge in [-0.2, -0.15) is 5.10 Å². The van der Waals surface area contributed by atoms with E-state index < -0.39 is 0 Å². The predicted octanol–water partition coefficient (Wildman–Crippen LogP) is 3.13. The highest BCUT2D eigenvalue weighted by Crippen LogP contribution is 2.25. The lowest BCUT2D eigenvalue weighted by molar-refractivity contribution is -0.122. The second-order valence-corrected chi connectivity index (χ2v) is 6.04. The largest absolute Gasteiger partial charge is 0.356 e. The van der Waals surface area contributed by atoms with Crippen molar-refractivity contribution < 1.29 is 4.79 Å². The molecule has 1 heterocycles. The van der Waals surface area contributed by atoms with Crippen LogP contribution < -0.4 is 5.32 Å². The fraction of sp³-hybridized carbons (Fsp3) is 0.750. The molecule has 0 radical (unpaired) electrons. The van der Waals surface area contributed by atoms with Crippen LogP contribution in [0, 0.1) is 12.8 Å². The lowest BCUT2D eigenvalue weighted by atomic mass is 9.96. The first-order valence-electron chi connectivity index (χ1n) is 8.01. The van der Waals surface area contributed by atoms with E-state index in [0.29, 0.717) is 5.92 Å². The molecule has 1 aromatic heterocycles. The first kappa shape index (κ1) is 15.1. The molecule has 2 N–H and O–H groups in total. The van der Waals surface area contributed by atoms with Gasteiger partial charge in [-0.3, -0.25) is 9.89 Å². The highest BCUT2D eigenvalue weighted by atomic mass is 16.1. The smallest absolute Gasteiger partial charge is 0.220 e. The predicted molar refractivity (Wildman–Crippen MR) is 80.5 cm³/mol. The molecule has 4 nitrogen and oxygen atoms in total. The van der Waals surface area contributed by atoms with Gasteiger partial charge in [-0.15, -0.1) is 0 Å². The molecule has 112 valence electrons. The van der Waals surface area contributed by atoms with Gasteiger partial charge in [-0.05, 0) is 44.1 Å². The lowest BCUT2D eigenvalue weighted by Gasteiger charge is -2.13. The Balaban J connectivity index is 1.59. The molecule has 0 aromatic carbocycles. The van der Waals surface area contributed by atoms with E-state index in [2.05, 4.69) is 15.5 Å². The number of amides is 1. The van der Waals surface area contributed by atoms with E-state index in [1.54, 1.807) is 0 Å². The van der Waals surface area contributed by atoms with Crippen LogP contribution >= 0.6 is 0 Å². The number of nitrogens with one attached hydrogen (secondary N) is 2. The number of aromatic amines is 1. The Morgan fingerprint density at radius 1 is 1.35 bits per heavy atom. The number of hydrogen-bond acceptors (Lipinski definition) is 2. The maximum absolute atomic E-state index is 11.9. The van der Waals surface area contributed by atoms with E-state index in [9.17, 15) is 4.79 Å². The topological polar surface area (TPSA) is 57.8 Å². The highest BCUT2D eigenvalue weighted by Gasteiger charge is 2.15. The Kier molecular flexibility index (Phi) is 6.09. The fourth-order valence-corrected chi connectivity index (χ4v) is 3.04. The minimum Gasteiger partial charge on any atom is -0.356 e. The standard InChI is InChI=1S/C16H27N3O/c1-13-15(12-18-19-13)9-6-10-17-16(20)11-14-7-4-2-3-5-8-14/h12,14H,2-11H2,1H3,(H,17,20)(H,18,19). The summed E-state index contributed by atoms with van der Waals surface area (Å²) in [7, 11) is 0. The van der Waals surface area contributed by atoms with Crippen molar-refractivity contribution in [2.24, 2.45) is 5.92 Å². The molecule has 0 bridgehead atoms. The third-order valence-electron chi connectivity index (χ3n) is 4.33. The molecule has 0 atom stereocenters. The molecular formula is C16H27N3O. The lowest BCUT2D eigenvalue weighted by Crippen LogP contribution is -2.26. The van der Waals surface area contributed by atoms with E-state index in [4.69, 9.17) is 0 Å². The number of hydrogen-bond donors (Lipinski definition) is 2. The minimum absolute atomic E-state index is 0.237. The van der Waals surface area contributed by atoms with Crippen molar-refractivity contribution in [1.82, 2.24) is 15.5 Å². The number of aryl methyl sites for hydroxylation is 2. The summed E-state index contributed by atoms with van der Waals surface area (Å²) in [6, 6.07) is 0. The fourth-order valence-electron chi connectivity index (χ4n) is 3.04. The SMILES string of the molecule is Cc1[nH]ncc1CCCNC(=O)CC1CCCCCC1. The van der Waals surface area contributed by atoms with Gasteiger partial charge >= 0.3 is 0 Å². The summed E-state index contributed by atoms with van der Waals surface area (Å²) in [6.45, 7) is 2.81. The summed E-state index contributed by atoms with van der Waals surface area (Å²) < 4.78 is 0. The Morgan fingerprint density at radius 3 is 2.75 bits per heavy atom. The third-order valence-corrected chi connectivity index (χ3v) is 4.33. The van der Waals surface area contributed by atoms with E-state index in [1.165, 1.54) is 44.1 Å². The summed E-state index contributed by atoms with van der Waals surface area (Å²) in [5.41, 5.74) is 2.39. The number of aromatic nitrogens is 2. The van der Waals surface area contributed by atoms with E-state index >= 15 is 0 Å². The summed E-state index contributed by atoms with van der Waals surface area (Å²) in [5, 5.41) is 10.0. The molecule has 20 heavy (non-hydrogen) atoms. The van der Waals surface area contributed by atoms with Crippen molar-refractivity contribution in [2.45, 2.75) is 64.7 Å². The van der Waals surface area contributed by atoms with Crippen LogP contribution in [0.4, 0.5) is 0 Å². The van der Waals surface area contributed by atoms with Gasteiger partial charge in [0.2, 0.25) is 5.91 Å². The molecule has 4 heteroatoms. The van der Waals surface area contributed by atoms with E-state index in [-0.39, 0.29) is 5.91 Å². The molecule has 0 saturated heterocycles. The van der Waals surface area contributed by atoms with Gasteiger partial charge in [0.1, 0.15) is 0 Å². The van der Waals surface area contributed by atoms with Crippen molar-refractivity contribution in [3.05, 3.63) is 17.5 Å². The van der Waals surface area contributed by atoms with Crippen molar-refractivity contribution in [3.63, 3.8) is 0 Å². The second kappa shape index (κ2) is 8.08. The minimum atomic E-state index is 0.237. The third kappa shape index (κ3) is 4.99. The Morgan fingerprint density at radius 2 is 2.10 bits per heavy atom. The zero-order valence-electron chi connectivity index (χ0n) is 12.6. The highest BCUT2D eigenvalue weighted by molar-refractivity contribution is 5.76. The molecule has 0 unspecified atom stereocenters.